The Bertz CT molecular complexity index is 1170. The second kappa shape index (κ2) is 7.19. The van der Waals surface area contributed by atoms with Crippen molar-refractivity contribution in [3.63, 3.8) is 0 Å². The van der Waals surface area contributed by atoms with E-state index in [0.29, 0.717) is 0 Å². The molecule has 1 aliphatic rings. The minimum atomic E-state index is 0.721. The van der Waals surface area contributed by atoms with E-state index in [4.69, 9.17) is 21.6 Å². The topological polar surface area (TPSA) is 37.8 Å². The Morgan fingerprint density at radius 2 is 1.93 bits per heavy atom. The summed E-state index contributed by atoms with van der Waals surface area (Å²) < 4.78 is 0. The van der Waals surface area contributed by atoms with Gasteiger partial charge in [-0.2, -0.15) is 0 Å². The Morgan fingerprint density at radius 1 is 1.07 bits per heavy atom. The van der Waals surface area contributed by atoms with Gasteiger partial charge in [0, 0.05) is 22.0 Å². The van der Waals surface area contributed by atoms with Crippen LogP contribution in [-0.4, -0.2) is 9.97 Å². The number of benzene rings is 2. The first kappa shape index (κ1) is 17.7. The van der Waals surface area contributed by atoms with Crippen LogP contribution in [0.3, 0.4) is 0 Å². The van der Waals surface area contributed by atoms with Crippen LogP contribution in [0, 0.1) is 6.92 Å². The summed E-state index contributed by atoms with van der Waals surface area (Å²) in [6, 6.07) is 16.3. The lowest BCUT2D eigenvalue weighted by molar-refractivity contribution is 0.916. The summed E-state index contributed by atoms with van der Waals surface area (Å²) in [5, 5.41) is 5.48. The van der Waals surface area contributed by atoms with Crippen LogP contribution >= 0.6 is 22.9 Å². The first-order valence-electron chi connectivity index (χ1n) is 9.55. The molecule has 1 aliphatic carbocycles. The van der Waals surface area contributed by atoms with E-state index in [0.717, 1.165) is 52.0 Å². The first-order valence-corrected chi connectivity index (χ1v) is 10.7. The lowest BCUT2D eigenvalue weighted by atomic mass is 10.1. The molecule has 1 N–H and O–H groups in total. The summed E-state index contributed by atoms with van der Waals surface area (Å²) in [6.07, 6.45) is 4.21. The van der Waals surface area contributed by atoms with Crippen molar-refractivity contribution in [3.05, 3.63) is 80.9 Å². The lowest BCUT2D eigenvalue weighted by Gasteiger charge is -2.13. The number of rotatable bonds is 4. The van der Waals surface area contributed by atoms with Crippen molar-refractivity contribution in [2.75, 3.05) is 5.32 Å². The van der Waals surface area contributed by atoms with E-state index < -0.39 is 0 Å². The maximum atomic E-state index is 6.24. The number of aromatic nitrogens is 2. The molecule has 140 valence electrons. The van der Waals surface area contributed by atoms with E-state index in [1.54, 1.807) is 0 Å². The molecule has 5 heteroatoms. The third kappa shape index (κ3) is 3.27. The minimum Gasteiger partial charge on any atom is -0.339 e. The number of anilines is 2. The smallest absolute Gasteiger partial charge is 0.143 e. The largest absolute Gasteiger partial charge is 0.339 e. The van der Waals surface area contributed by atoms with Gasteiger partial charge in [0.05, 0.1) is 5.39 Å². The Kier molecular flexibility index (Phi) is 4.53. The first-order chi connectivity index (χ1) is 13.7. The van der Waals surface area contributed by atoms with Gasteiger partial charge in [0.15, 0.2) is 0 Å². The van der Waals surface area contributed by atoms with Crippen molar-refractivity contribution in [2.45, 2.75) is 32.6 Å². The van der Waals surface area contributed by atoms with Crippen LogP contribution in [0.4, 0.5) is 11.5 Å². The molecular weight excluding hydrogens is 386 g/mol. The molecule has 0 atom stereocenters. The van der Waals surface area contributed by atoms with Crippen LogP contribution in [0.2, 0.25) is 5.02 Å². The van der Waals surface area contributed by atoms with Crippen LogP contribution in [0.1, 0.15) is 33.8 Å². The zero-order valence-electron chi connectivity index (χ0n) is 15.6. The maximum Gasteiger partial charge on any atom is 0.143 e. The van der Waals surface area contributed by atoms with Gasteiger partial charge in [0.2, 0.25) is 0 Å². The molecule has 0 spiro atoms. The number of fused-ring (bicyclic) bond motifs is 3. The molecule has 2 aromatic carbocycles. The highest BCUT2D eigenvalue weighted by atomic mass is 35.5. The van der Waals surface area contributed by atoms with Gasteiger partial charge in [0.1, 0.15) is 16.5 Å². The van der Waals surface area contributed by atoms with Crippen LogP contribution in [0.15, 0.2) is 48.5 Å². The molecule has 0 unspecified atom stereocenters. The second-order valence-corrected chi connectivity index (χ2v) is 8.79. The molecule has 0 aliphatic heterocycles. The molecular formula is C23H20ClN3S. The predicted octanol–water partition coefficient (Wildman–Crippen LogP) is 6.48. The van der Waals surface area contributed by atoms with Gasteiger partial charge in [-0.15, -0.1) is 11.3 Å². The van der Waals surface area contributed by atoms with Crippen molar-refractivity contribution < 1.29 is 0 Å². The fraction of sp³-hybridized carbons (Fsp3) is 0.217. The van der Waals surface area contributed by atoms with Crippen molar-refractivity contribution >= 4 is 44.7 Å². The molecule has 2 aromatic heterocycles. The highest BCUT2D eigenvalue weighted by molar-refractivity contribution is 7.19. The quantitative estimate of drug-likeness (QED) is 0.422. The molecule has 0 bridgehead atoms. The van der Waals surface area contributed by atoms with E-state index in [1.165, 1.54) is 27.8 Å². The summed E-state index contributed by atoms with van der Waals surface area (Å²) in [7, 11) is 0. The van der Waals surface area contributed by atoms with Gasteiger partial charge in [-0.1, -0.05) is 48.0 Å². The van der Waals surface area contributed by atoms with E-state index in [9.17, 15) is 0 Å². The Morgan fingerprint density at radius 3 is 2.79 bits per heavy atom. The SMILES string of the molecule is Cc1ccc(Cl)cc1Nc1nc(Cc2ccccc2)nc2sc3c(c12)CCC3. The Balaban J connectivity index is 1.63. The molecule has 0 amide bonds. The van der Waals surface area contributed by atoms with E-state index in [1.807, 2.05) is 35.6 Å². The van der Waals surface area contributed by atoms with E-state index in [2.05, 4.69) is 36.5 Å². The molecule has 0 fully saturated rings. The molecule has 0 saturated heterocycles. The van der Waals surface area contributed by atoms with Gasteiger partial charge in [-0.25, -0.2) is 9.97 Å². The van der Waals surface area contributed by atoms with Crippen LogP contribution < -0.4 is 5.32 Å². The fourth-order valence-electron chi connectivity index (χ4n) is 3.84. The van der Waals surface area contributed by atoms with Gasteiger partial charge in [-0.05, 0) is 55.0 Å². The summed E-state index contributed by atoms with van der Waals surface area (Å²) in [5.41, 5.74) is 4.79. The number of aryl methyl sites for hydroxylation is 3. The van der Waals surface area contributed by atoms with E-state index >= 15 is 0 Å². The summed E-state index contributed by atoms with van der Waals surface area (Å²) in [4.78, 5) is 12.4. The van der Waals surface area contributed by atoms with Crippen molar-refractivity contribution in [1.29, 1.82) is 0 Å². The number of halogens is 1. The van der Waals surface area contributed by atoms with Gasteiger partial charge >= 0.3 is 0 Å². The zero-order valence-corrected chi connectivity index (χ0v) is 17.2. The van der Waals surface area contributed by atoms with Gasteiger partial charge < -0.3 is 5.32 Å². The minimum absolute atomic E-state index is 0.721. The normalized spacial score (nSPS) is 13.1. The number of nitrogens with zero attached hydrogens (tertiary/aromatic N) is 2. The monoisotopic (exact) mass is 405 g/mol. The van der Waals surface area contributed by atoms with E-state index in [-0.39, 0.29) is 0 Å². The zero-order chi connectivity index (χ0) is 19.1. The summed E-state index contributed by atoms with van der Waals surface area (Å²) in [5.74, 6) is 1.75. The highest BCUT2D eigenvalue weighted by Gasteiger charge is 2.22. The molecule has 5 rings (SSSR count). The average Bonchev–Trinajstić information content (AvgIpc) is 3.26. The van der Waals surface area contributed by atoms with Gasteiger partial charge in [0.25, 0.3) is 0 Å². The molecule has 28 heavy (non-hydrogen) atoms. The fourth-order valence-corrected chi connectivity index (χ4v) is 5.30. The summed E-state index contributed by atoms with van der Waals surface area (Å²) >= 11 is 8.07. The molecule has 2 heterocycles. The average molecular weight is 406 g/mol. The van der Waals surface area contributed by atoms with Crippen molar-refractivity contribution in [2.24, 2.45) is 0 Å². The summed E-state index contributed by atoms with van der Waals surface area (Å²) in [6.45, 7) is 2.08. The molecule has 4 aromatic rings. The maximum absolute atomic E-state index is 6.24. The molecule has 3 nitrogen and oxygen atoms in total. The number of nitrogens with one attached hydrogen (secondary N) is 1. The third-order valence-electron chi connectivity index (χ3n) is 5.27. The Labute approximate surface area is 173 Å². The van der Waals surface area contributed by atoms with Gasteiger partial charge in [-0.3, -0.25) is 0 Å². The third-order valence-corrected chi connectivity index (χ3v) is 6.69. The standard InChI is InChI=1S/C23H20ClN3S/c1-14-10-11-16(24)13-18(14)25-22-21-17-8-5-9-19(17)28-23(21)27-20(26-22)12-15-6-3-2-4-7-15/h2-4,6-7,10-11,13H,5,8-9,12H2,1H3,(H,25,26,27). The predicted molar refractivity (Wildman–Crippen MR) is 118 cm³/mol. The van der Waals surface area contributed by atoms with Crippen LogP contribution in [-0.2, 0) is 19.3 Å². The lowest BCUT2D eigenvalue weighted by Crippen LogP contribution is -2.03. The molecule has 0 saturated carbocycles. The second-order valence-electron chi connectivity index (χ2n) is 7.27. The molecule has 0 radical (unpaired) electrons. The number of thiophene rings is 1. The number of hydrogen-bond donors (Lipinski definition) is 1. The van der Waals surface area contributed by atoms with Crippen LogP contribution in [0.5, 0.6) is 0 Å². The van der Waals surface area contributed by atoms with Crippen molar-refractivity contribution in [3.8, 4) is 0 Å². The number of hydrogen-bond acceptors (Lipinski definition) is 4. The van der Waals surface area contributed by atoms with Crippen molar-refractivity contribution in [1.82, 2.24) is 9.97 Å². The highest BCUT2D eigenvalue weighted by Crippen LogP contribution is 2.40. The van der Waals surface area contributed by atoms with Crippen LogP contribution in [0.25, 0.3) is 10.2 Å². The Hall–Kier alpha value is -2.43.